The smallest absolute Gasteiger partial charge is 0.327 e. The van der Waals surface area contributed by atoms with Gasteiger partial charge in [-0.2, -0.15) is 5.10 Å². The van der Waals surface area contributed by atoms with Crippen LogP contribution in [-0.4, -0.2) is 35.7 Å². The molecule has 1 aromatic rings. The minimum absolute atomic E-state index is 0.0195. The molecule has 1 heterocycles. The van der Waals surface area contributed by atoms with Crippen LogP contribution in [0.4, 0.5) is 0 Å². The summed E-state index contributed by atoms with van der Waals surface area (Å²) in [7, 11) is 1.43. The molecule has 0 aliphatic rings. The SMILES string of the molecule is CCOC(=O)Cn1nc(C)c(/C=N/OC)c1Cl. The number of oxime groups is 1. The van der Waals surface area contributed by atoms with Gasteiger partial charge in [-0.05, 0) is 13.8 Å². The average molecular weight is 260 g/mol. The molecular weight excluding hydrogens is 246 g/mol. The van der Waals surface area contributed by atoms with Crippen molar-refractivity contribution < 1.29 is 14.4 Å². The van der Waals surface area contributed by atoms with Crippen molar-refractivity contribution in [3.8, 4) is 0 Å². The van der Waals surface area contributed by atoms with E-state index in [1.807, 2.05) is 0 Å². The Balaban J connectivity index is 2.88. The van der Waals surface area contributed by atoms with E-state index in [1.54, 1.807) is 13.8 Å². The fraction of sp³-hybridized carbons (Fsp3) is 0.500. The molecule has 6 nitrogen and oxygen atoms in total. The number of hydrogen-bond acceptors (Lipinski definition) is 5. The van der Waals surface area contributed by atoms with E-state index < -0.39 is 0 Å². The van der Waals surface area contributed by atoms with Crippen molar-refractivity contribution in [2.45, 2.75) is 20.4 Å². The quantitative estimate of drug-likeness (QED) is 0.455. The first kappa shape index (κ1) is 13.5. The highest BCUT2D eigenvalue weighted by Crippen LogP contribution is 2.17. The summed E-state index contributed by atoms with van der Waals surface area (Å²) in [6, 6.07) is 0. The van der Waals surface area contributed by atoms with Gasteiger partial charge in [0.1, 0.15) is 18.8 Å². The molecule has 7 heteroatoms. The fourth-order valence-corrected chi connectivity index (χ4v) is 1.54. The van der Waals surface area contributed by atoms with Crippen molar-refractivity contribution in [3.05, 3.63) is 16.4 Å². The molecule has 17 heavy (non-hydrogen) atoms. The summed E-state index contributed by atoms with van der Waals surface area (Å²) in [5, 5.41) is 8.07. The Morgan fingerprint density at radius 3 is 2.94 bits per heavy atom. The largest absolute Gasteiger partial charge is 0.465 e. The van der Waals surface area contributed by atoms with E-state index in [4.69, 9.17) is 16.3 Å². The van der Waals surface area contributed by atoms with Gasteiger partial charge in [-0.1, -0.05) is 16.8 Å². The summed E-state index contributed by atoms with van der Waals surface area (Å²) < 4.78 is 6.18. The van der Waals surface area contributed by atoms with Crippen LogP contribution in [-0.2, 0) is 20.9 Å². The van der Waals surface area contributed by atoms with Crippen molar-refractivity contribution in [3.63, 3.8) is 0 Å². The average Bonchev–Trinajstić information content (AvgIpc) is 2.52. The van der Waals surface area contributed by atoms with Gasteiger partial charge in [0.2, 0.25) is 0 Å². The minimum atomic E-state index is -0.382. The van der Waals surface area contributed by atoms with Crippen molar-refractivity contribution >= 4 is 23.8 Å². The Hall–Kier alpha value is -1.56. The third-order valence-corrected chi connectivity index (χ3v) is 2.38. The lowest BCUT2D eigenvalue weighted by atomic mass is 10.3. The molecule has 0 saturated carbocycles. The van der Waals surface area contributed by atoms with Gasteiger partial charge in [0.15, 0.2) is 0 Å². The van der Waals surface area contributed by atoms with Crippen LogP contribution >= 0.6 is 11.6 Å². The fourth-order valence-electron chi connectivity index (χ4n) is 1.25. The summed E-state index contributed by atoms with van der Waals surface area (Å²) in [4.78, 5) is 15.9. The Labute approximate surface area is 104 Å². The summed E-state index contributed by atoms with van der Waals surface area (Å²) in [6.07, 6.45) is 1.45. The molecule has 0 spiro atoms. The number of nitrogens with zero attached hydrogens (tertiary/aromatic N) is 3. The first-order valence-electron chi connectivity index (χ1n) is 5.05. The molecular formula is C10H14ClN3O3. The van der Waals surface area contributed by atoms with E-state index >= 15 is 0 Å². The third kappa shape index (κ3) is 3.45. The second-order valence-electron chi connectivity index (χ2n) is 3.17. The molecule has 0 N–H and O–H groups in total. The normalized spacial score (nSPS) is 10.8. The van der Waals surface area contributed by atoms with E-state index in [1.165, 1.54) is 18.0 Å². The second kappa shape index (κ2) is 6.24. The molecule has 0 atom stereocenters. The van der Waals surface area contributed by atoms with Crippen LogP contribution in [0.3, 0.4) is 0 Å². The van der Waals surface area contributed by atoms with Crippen molar-refractivity contribution in [2.75, 3.05) is 13.7 Å². The molecule has 94 valence electrons. The van der Waals surface area contributed by atoms with E-state index in [0.717, 1.165) is 0 Å². The van der Waals surface area contributed by atoms with E-state index in [2.05, 4.69) is 15.1 Å². The molecule has 0 amide bonds. The molecule has 0 radical (unpaired) electrons. The lowest BCUT2D eigenvalue weighted by Crippen LogP contribution is -2.14. The maximum atomic E-state index is 11.3. The van der Waals surface area contributed by atoms with E-state index in [-0.39, 0.29) is 12.5 Å². The van der Waals surface area contributed by atoms with Crippen LogP contribution in [0.25, 0.3) is 0 Å². The van der Waals surface area contributed by atoms with Gasteiger partial charge in [0.25, 0.3) is 0 Å². The predicted molar refractivity (Wildman–Crippen MR) is 63.2 cm³/mol. The first-order valence-corrected chi connectivity index (χ1v) is 5.43. The molecule has 0 aliphatic carbocycles. The Morgan fingerprint density at radius 1 is 1.65 bits per heavy atom. The zero-order chi connectivity index (χ0) is 12.8. The molecule has 0 unspecified atom stereocenters. The van der Waals surface area contributed by atoms with Crippen LogP contribution in [0.15, 0.2) is 5.16 Å². The van der Waals surface area contributed by atoms with Gasteiger partial charge in [0, 0.05) is 0 Å². The number of aromatic nitrogens is 2. The van der Waals surface area contributed by atoms with Gasteiger partial charge in [-0.3, -0.25) is 4.79 Å². The lowest BCUT2D eigenvalue weighted by Gasteiger charge is -2.02. The second-order valence-corrected chi connectivity index (χ2v) is 3.53. The Bertz CT molecular complexity index is 429. The van der Waals surface area contributed by atoms with Gasteiger partial charge in [-0.25, -0.2) is 4.68 Å². The topological polar surface area (TPSA) is 65.7 Å². The zero-order valence-electron chi connectivity index (χ0n) is 9.94. The summed E-state index contributed by atoms with van der Waals surface area (Å²) >= 11 is 6.06. The number of ether oxygens (including phenoxy) is 1. The monoisotopic (exact) mass is 259 g/mol. The third-order valence-electron chi connectivity index (χ3n) is 1.98. The lowest BCUT2D eigenvalue weighted by molar-refractivity contribution is -0.144. The zero-order valence-corrected chi connectivity index (χ0v) is 10.7. The number of rotatable bonds is 5. The number of aryl methyl sites for hydroxylation is 1. The standard InChI is InChI=1S/C10H14ClN3O3/c1-4-17-9(15)6-14-10(11)8(5-12-16-3)7(2)13-14/h5H,4,6H2,1-3H3/b12-5+. The summed E-state index contributed by atoms with van der Waals surface area (Å²) in [5.74, 6) is -0.382. The molecule has 0 saturated heterocycles. The molecule has 0 aliphatic heterocycles. The van der Waals surface area contributed by atoms with E-state index in [9.17, 15) is 4.79 Å². The predicted octanol–water partition coefficient (Wildman–Crippen LogP) is 1.39. The number of esters is 1. The number of halogens is 1. The van der Waals surface area contributed by atoms with E-state index in [0.29, 0.717) is 23.0 Å². The van der Waals surface area contributed by atoms with Crippen molar-refractivity contribution in [1.29, 1.82) is 0 Å². The molecule has 1 rings (SSSR count). The van der Waals surface area contributed by atoms with Crippen LogP contribution in [0.2, 0.25) is 5.15 Å². The van der Waals surface area contributed by atoms with Gasteiger partial charge in [0.05, 0.1) is 24.1 Å². The Kier molecular flexibility index (Phi) is 4.96. The maximum absolute atomic E-state index is 11.3. The van der Waals surface area contributed by atoms with Gasteiger partial charge < -0.3 is 9.57 Å². The van der Waals surface area contributed by atoms with Gasteiger partial charge in [-0.15, -0.1) is 0 Å². The maximum Gasteiger partial charge on any atom is 0.327 e. The van der Waals surface area contributed by atoms with Crippen LogP contribution < -0.4 is 0 Å². The van der Waals surface area contributed by atoms with Crippen LogP contribution in [0, 0.1) is 6.92 Å². The molecule has 0 bridgehead atoms. The highest BCUT2D eigenvalue weighted by Gasteiger charge is 2.14. The number of carbonyl (C=O) groups is 1. The molecule has 0 aromatic carbocycles. The van der Waals surface area contributed by atoms with Crippen LogP contribution in [0.5, 0.6) is 0 Å². The van der Waals surface area contributed by atoms with Crippen LogP contribution in [0.1, 0.15) is 18.2 Å². The van der Waals surface area contributed by atoms with Crippen molar-refractivity contribution in [1.82, 2.24) is 9.78 Å². The Morgan fingerprint density at radius 2 is 2.35 bits per heavy atom. The summed E-state index contributed by atoms with van der Waals surface area (Å²) in [6.45, 7) is 3.82. The summed E-state index contributed by atoms with van der Waals surface area (Å²) in [5.41, 5.74) is 1.29. The number of hydrogen-bond donors (Lipinski definition) is 0. The minimum Gasteiger partial charge on any atom is -0.465 e. The molecule has 0 fully saturated rings. The highest BCUT2D eigenvalue weighted by molar-refractivity contribution is 6.32. The van der Waals surface area contributed by atoms with Gasteiger partial charge >= 0.3 is 5.97 Å². The number of carbonyl (C=O) groups excluding carboxylic acids is 1. The highest BCUT2D eigenvalue weighted by atomic mass is 35.5. The first-order chi connectivity index (χ1) is 8.10. The van der Waals surface area contributed by atoms with Crippen molar-refractivity contribution in [2.24, 2.45) is 5.16 Å². The molecule has 1 aromatic heterocycles.